The molecular formula is C10H14F2N6O3P+. The van der Waals surface area contributed by atoms with Crippen molar-refractivity contribution in [2.45, 2.75) is 38.4 Å². The Hall–Kier alpha value is -1.84. The third kappa shape index (κ3) is 5.88. The second kappa shape index (κ2) is 8.57. The van der Waals surface area contributed by atoms with Crippen molar-refractivity contribution in [3.05, 3.63) is 24.3 Å². The smallest absolute Gasteiger partial charge is 0.263 e. The highest BCUT2D eigenvalue weighted by Gasteiger charge is 2.31. The Kier molecular flexibility index (Phi) is 6.44. The standard InChI is InChI=1S/C10H14F2N6O3P/c11-7(1-3-9-13-5-15-17-9)20-22(19)21-8(12)2-4-10-14-6-16-18-10/h5-8H,1-4H2,(H,13,15,17)(H,14,16,18)/q+1. The van der Waals surface area contributed by atoms with Gasteiger partial charge in [-0.05, 0) is 0 Å². The monoisotopic (exact) mass is 335 g/mol. The maximum absolute atomic E-state index is 13.4. The number of nitrogens with one attached hydrogen (secondary N) is 2. The first-order chi connectivity index (χ1) is 10.6. The van der Waals surface area contributed by atoms with Gasteiger partial charge in [-0.3, -0.25) is 10.2 Å². The lowest BCUT2D eigenvalue weighted by Crippen LogP contribution is -2.08. The molecule has 9 nitrogen and oxygen atoms in total. The molecule has 12 heteroatoms. The quantitative estimate of drug-likeness (QED) is 0.635. The topological polar surface area (TPSA) is 119 Å². The van der Waals surface area contributed by atoms with E-state index in [2.05, 4.69) is 39.4 Å². The van der Waals surface area contributed by atoms with Crippen LogP contribution >= 0.6 is 8.25 Å². The molecule has 2 aromatic rings. The summed E-state index contributed by atoms with van der Waals surface area (Å²) in [6, 6.07) is 0. The number of hydrogen-bond acceptors (Lipinski definition) is 7. The van der Waals surface area contributed by atoms with Crippen molar-refractivity contribution >= 4 is 8.25 Å². The number of halogens is 2. The third-order valence-electron chi connectivity index (χ3n) is 2.55. The normalized spacial score (nSPS) is 14.7. The van der Waals surface area contributed by atoms with Crippen LogP contribution in [0.3, 0.4) is 0 Å². The van der Waals surface area contributed by atoms with Crippen LogP contribution in [-0.2, 0) is 26.5 Å². The van der Waals surface area contributed by atoms with Crippen LogP contribution in [0.25, 0.3) is 0 Å². The van der Waals surface area contributed by atoms with Crippen molar-refractivity contribution in [2.24, 2.45) is 0 Å². The minimum atomic E-state index is -2.89. The van der Waals surface area contributed by atoms with E-state index >= 15 is 0 Å². The number of hydrogen-bond donors (Lipinski definition) is 2. The molecule has 2 heterocycles. The van der Waals surface area contributed by atoms with Gasteiger partial charge in [0, 0.05) is 30.2 Å². The fourth-order valence-corrected chi connectivity index (χ4v) is 2.15. The molecule has 0 aliphatic carbocycles. The molecule has 0 saturated heterocycles. The minimum absolute atomic E-state index is 0.103. The van der Waals surface area contributed by atoms with E-state index < -0.39 is 21.0 Å². The van der Waals surface area contributed by atoms with E-state index in [4.69, 9.17) is 0 Å². The summed E-state index contributed by atoms with van der Waals surface area (Å²) in [5.74, 6) is 0.940. The van der Waals surface area contributed by atoms with Crippen molar-refractivity contribution in [1.82, 2.24) is 30.4 Å². The van der Waals surface area contributed by atoms with Crippen molar-refractivity contribution < 1.29 is 22.4 Å². The Morgan fingerprint density at radius 3 is 1.82 bits per heavy atom. The van der Waals surface area contributed by atoms with Crippen LogP contribution < -0.4 is 0 Å². The zero-order valence-corrected chi connectivity index (χ0v) is 12.2. The zero-order chi connectivity index (χ0) is 15.8. The number of alkyl halides is 2. The summed E-state index contributed by atoms with van der Waals surface area (Å²) in [6.07, 6.45) is -0.900. The van der Waals surface area contributed by atoms with Crippen molar-refractivity contribution in [3.8, 4) is 0 Å². The van der Waals surface area contributed by atoms with Crippen LogP contribution in [0.2, 0.25) is 0 Å². The van der Waals surface area contributed by atoms with Gasteiger partial charge < -0.3 is 0 Å². The lowest BCUT2D eigenvalue weighted by Gasteiger charge is -2.01. The van der Waals surface area contributed by atoms with Gasteiger partial charge in [-0.15, -0.1) is 0 Å². The molecule has 2 unspecified atom stereocenters. The molecule has 22 heavy (non-hydrogen) atoms. The van der Waals surface area contributed by atoms with Crippen LogP contribution in [0, 0.1) is 0 Å². The first-order valence-electron chi connectivity index (χ1n) is 6.41. The summed E-state index contributed by atoms with van der Waals surface area (Å²) in [6.45, 7) is 0. The molecule has 0 saturated carbocycles. The maximum Gasteiger partial charge on any atom is 0.703 e. The van der Waals surface area contributed by atoms with Crippen molar-refractivity contribution in [3.63, 3.8) is 0 Å². The highest BCUT2D eigenvalue weighted by Crippen LogP contribution is 2.31. The molecule has 0 radical (unpaired) electrons. The minimum Gasteiger partial charge on any atom is -0.263 e. The SMILES string of the molecule is O=[P+](OC(F)CCc1ncn[nH]1)OC(F)CCc1ncn[nH]1. The van der Waals surface area contributed by atoms with E-state index in [1.165, 1.54) is 12.7 Å². The summed E-state index contributed by atoms with van der Waals surface area (Å²) < 4.78 is 47.0. The van der Waals surface area contributed by atoms with Gasteiger partial charge in [0.25, 0.3) is 12.7 Å². The maximum atomic E-state index is 13.4. The largest absolute Gasteiger partial charge is 0.703 e. The molecule has 0 aliphatic rings. The molecule has 2 N–H and O–H groups in total. The molecule has 0 bridgehead atoms. The molecular weight excluding hydrogens is 321 g/mol. The molecule has 120 valence electrons. The van der Waals surface area contributed by atoms with Crippen LogP contribution in [0.5, 0.6) is 0 Å². The number of rotatable bonds is 10. The van der Waals surface area contributed by atoms with E-state index in [9.17, 15) is 13.3 Å². The summed E-state index contributed by atoms with van der Waals surface area (Å²) in [5, 5.41) is 12.3. The Bertz CT molecular complexity index is 507. The highest BCUT2D eigenvalue weighted by molar-refractivity contribution is 7.33. The van der Waals surface area contributed by atoms with Crippen molar-refractivity contribution in [1.29, 1.82) is 0 Å². The molecule has 0 aromatic carbocycles. The molecule has 0 fully saturated rings. The number of aryl methyl sites for hydroxylation is 2. The van der Waals surface area contributed by atoms with Crippen LogP contribution in [0.4, 0.5) is 8.78 Å². The number of aromatic amines is 2. The lowest BCUT2D eigenvalue weighted by atomic mass is 10.3. The fraction of sp³-hybridized carbons (Fsp3) is 0.600. The number of aromatic nitrogens is 6. The highest BCUT2D eigenvalue weighted by atomic mass is 31.1. The van der Waals surface area contributed by atoms with Gasteiger partial charge in [0.05, 0.1) is 0 Å². The van der Waals surface area contributed by atoms with Gasteiger partial charge in [-0.25, -0.2) is 18.7 Å². The summed E-state index contributed by atoms with van der Waals surface area (Å²) in [5.41, 5.74) is 0. The molecule has 0 spiro atoms. The lowest BCUT2D eigenvalue weighted by molar-refractivity contribution is 0.00798. The first-order valence-corrected chi connectivity index (χ1v) is 7.50. The van der Waals surface area contributed by atoms with Gasteiger partial charge in [0.2, 0.25) is 0 Å². The average molecular weight is 335 g/mol. The van der Waals surface area contributed by atoms with E-state index in [1.807, 2.05) is 0 Å². The van der Waals surface area contributed by atoms with Crippen LogP contribution in [0.15, 0.2) is 12.7 Å². The van der Waals surface area contributed by atoms with E-state index in [1.54, 1.807) is 0 Å². The number of nitrogens with zero attached hydrogens (tertiary/aromatic N) is 4. The first kappa shape index (κ1) is 16.5. The summed E-state index contributed by atoms with van der Waals surface area (Å²) in [7, 11) is -2.89. The van der Waals surface area contributed by atoms with Gasteiger partial charge in [0.15, 0.2) is 0 Å². The van der Waals surface area contributed by atoms with E-state index in [-0.39, 0.29) is 25.7 Å². The summed E-state index contributed by atoms with van der Waals surface area (Å²) >= 11 is 0. The third-order valence-corrected chi connectivity index (χ3v) is 3.35. The second-order valence-electron chi connectivity index (χ2n) is 4.20. The molecule has 2 rings (SSSR count). The average Bonchev–Trinajstić information content (AvgIpc) is 3.16. The Labute approximate surface area is 124 Å². The second-order valence-corrected chi connectivity index (χ2v) is 5.07. The Morgan fingerprint density at radius 2 is 1.45 bits per heavy atom. The van der Waals surface area contributed by atoms with Gasteiger partial charge in [-0.1, -0.05) is 9.05 Å². The van der Waals surface area contributed by atoms with Gasteiger partial charge >= 0.3 is 8.25 Å². The van der Waals surface area contributed by atoms with Crippen LogP contribution in [0.1, 0.15) is 24.5 Å². The Morgan fingerprint density at radius 1 is 1.00 bits per heavy atom. The van der Waals surface area contributed by atoms with Gasteiger partial charge in [0.1, 0.15) is 24.3 Å². The Balaban J connectivity index is 1.61. The predicted octanol–water partition coefficient (Wildman–Crippen LogP) is 1.77. The fourth-order valence-electron chi connectivity index (χ4n) is 1.52. The van der Waals surface area contributed by atoms with Crippen molar-refractivity contribution in [2.75, 3.05) is 0 Å². The predicted molar refractivity (Wildman–Crippen MR) is 69.0 cm³/mol. The van der Waals surface area contributed by atoms with E-state index in [0.29, 0.717) is 11.6 Å². The van der Waals surface area contributed by atoms with Crippen LogP contribution in [-0.4, -0.2) is 43.1 Å². The van der Waals surface area contributed by atoms with Gasteiger partial charge in [-0.2, -0.15) is 10.2 Å². The number of H-pyrrole nitrogens is 2. The zero-order valence-electron chi connectivity index (χ0n) is 11.4. The summed E-state index contributed by atoms with van der Waals surface area (Å²) in [4.78, 5) is 7.59. The molecule has 0 amide bonds. The molecule has 2 aromatic heterocycles. The molecule has 2 atom stereocenters. The molecule has 0 aliphatic heterocycles. The van der Waals surface area contributed by atoms with E-state index in [0.717, 1.165) is 0 Å².